The molecule has 2 rings (SSSR count). The van der Waals surface area contributed by atoms with Crippen LogP contribution in [0.1, 0.15) is 61.6 Å². The number of hydrogen-bond donors (Lipinski definition) is 2. The molecule has 0 fully saturated rings. The van der Waals surface area contributed by atoms with Crippen molar-refractivity contribution in [2.24, 2.45) is 0 Å². The molecule has 0 saturated carbocycles. The highest BCUT2D eigenvalue weighted by Crippen LogP contribution is 2.22. The number of nitrogens with one attached hydrogen (secondary N) is 2. The van der Waals surface area contributed by atoms with Crippen LogP contribution in [-0.2, 0) is 20.0 Å². The van der Waals surface area contributed by atoms with Crippen molar-refractivity contribution in [3.63, 3.8) is 0 Å². The van der Waals surface area contributed by atoms with Crippen LogP contribution in [0.4, 0.5) is 0 Å². The summed E-state index contributed by atoms with van der Waals surface area (Å²) in [4.78, 5) is 26.0. The van der Waals surface area contributed by atoms with Gasteiger partial charge in [0, 0.05) is 11.8 Å². The molecule has 0 saturated heterocycles. The summed E-state index contributed by atoms with van der Waals surface area (Å²) in [5.41, 5.74) is 2.41. The lowest BCUT2D eigenvalue weighted by atomic mass is 9.86. The molecule has 0 spiro atoms. The minimum absolute atomic E-state index is 0.00850. The lowest BCUT2D eigenvalue weighted by Crippen LogP contribution is -2.47. The average Bonchev–Trinajstić information content (AvgIpc) is 2.75. The molecular weight excluding hydrogens is 456 g/mol. The molecule has 0 aliphatic carbocycles. The Kier molecular flexibility index (Phi) is 9.14. The highest BCUT2D eigenvalue weighted by atomic mass is 32.2. The fraction of sp³-hybridized carbons (Fsp3) is 0.440. The zero-order valence-corrected chi connectivity index (χ0v) is 21.8. The molecule has 6 nitrogen and oxygen atoms in total. The molecule has 0 heterocycles. The predicted molar refractivity (Wildman–Crippen MR) is 136 cm³/mol. The fourth-order valence-corrected chi connectivity index (χ4v) is 4.37. The van der Waals surface area contributed by atoms with Crippen molar-refractivity contribution >= 4 is 33.4 Å². The van der Waals surface area contributed by atoms with E-state index in [0.717, 1.165) is 23.1 Å². The molecule has 2 atom stereocenters. The molecule has 0 bridgehead atoms. The second-order valence-corrected chi connectivity index (χ2v) is 12.2. The maximum Gasteiger partial charge on any atom is 0.251 e. The third-order valence-electron chi connectivity index (χ3n) is 5.41. The van der Waals surface area contributed by atoms with Crippen LogP contribution in [0.25, 0.3) is 0 Å². The first-order valence-electron chi connectivity index (χ1n) is 10.8. The van der Waals surface area contributed by atoms with E-state index in [1.165, 1.54) is 12.1 Å². The van der Waals surface area contributed by atoms with E-state index in [-0.39, 0.29) is 28.2 Å². The number of carbonyl (C=O) groups is 2. The third kappa shape index (κ3) is 7.89. The number of hydrogen-bond acceptors (Lipinski definition) is 5. The van der Waals surface area contributed by atoms with Gasteiger partial charge in [-0.1, -0.05) is 45.0 Å². The van der Waals surface area contributed by atoms with E-state index in [4.69, 9.17) is 0 Å². The van der Waals surface area contributed by atoms with Gasteiger partial charge in [0.15, 0.2) is 9.84 Å². The second kappa shape index (κ2) is 11.2. The van der Waals surface area contributed by atoms with Crippen LogP contribution in [0.2, 0.25) is 0 Å². The molecule has 180 valence electrons. The van der Waals surface area contributed by atoms with E-state index in [1.54, 1.807) is 36.0 Å². The molecule has 2 amide bonds. The van der Waals surface area contributed by atoms with Gasteiger partial charge >= 0.3 is 0 Å². The first-order chi connectivity index (χ1) is 15.3. The summed E-state index contributed by atoms with van der Waals surface area (Å²) < 4.78 is 23.3. The third-order valence-corrected chi connectivity index (χ3v) is 7.19. The van der Waals surface area contributed by atoms with Gasteiger partial charge in [-0.25, -0.2) is 8.42 Å². The number of rotatable bonds is 9. The summed E-state index contributed by atoms with van der Waals surface area (Å²) in [6.45, 7) is 8.16. The maximum atomic E-state index is 13.0. The van der Waals surface area contributed by atoms with Gasteiger partial charge in [0.1, 0.15) is 6.04 Å². The minimum atomic E-state index is -3.28. The first kappa shape index (κ1) is 26.9. The van der Waals surface area contributed by atoms with Gasteiger partial charge in [0.05, 0.1) is 10.9 Å². The SMILES string of the molecule is CSCC[C@H](NC(=O)c1ccc(C(C)(C)C)cc1)C(=O)N[C@H](C)c1ccc(S(C)(=O)=O)cc1. The molecule has 2 aromatic carbocycles. The predicted octanol–water partition coefficient (Wildman–Crippen LogP) is 4.12. The van der Waals surface area contributed by atoms with Crippen molar-refractivity contribution in [1.82, 2.24) is 10.6 Å². The highest BCUT2D eigenvalue weighted by molar-refractivity contribution is 7.98. The molecule has 2 N–H and O–H groups in total. The van der Waals surface area contributed by atoms with Gasteiger partial charge < -0.3 is 10.6 Å². The standard InChI is InChI=1S/C25H34N2O4S2/c1-17(18-9-13-21(14-10-18)33(6,30)31)26-24(29)22(15-16-32-5)27-23(28)19-7-11-20(12-8-19)25(2,3)4/h7-14,17,22H,15-16H2,1-6H3,(H,26,29)(H,27,28)/t17-,22+/m1/s1. The van der Waals surface area contributed by atoms with E-state index in [1.807, 2.05) is 25.3 Å². The lowest BCUT2D eigenvalue weighted by Gasteiger charge is -2.22. The zero-order valence-electron chi connectivity index (χ0n) is 20.1. The molecule has 0 radical (unpaired) electrons. The van der Waals surface area contributed by atoms with Gasteiger partial charge in [-0.05, 0) is 66.2 Å². The van der Waals surface area contributed by atoms with Crippen LogP contribution in [0, 0.1) is 0 Å². The molecule has 0 aliphatic rings. The van der Waals surface area contributed by atoms with Gasteiger partial charge in [-0.15, -0.1) is 0 Å². The Bertz CT molecular complexity index is 1060. The molecule has 33 heavy (non-hydrogen) atoms. The Hall–Kier alpha value is -2.32. The molecular formula is C25H34N2O4S2. The molecule has 2 aromatic rings. The van der Waals surface area contributed by atoms with Crippen LogP contribution in [0.5, 0.6) is 0 Å². The quantitative estimate of drug-likeness (QED) is 0.552. The van der Waals surface area contributed by atoms with Crippen LogP contribution in [0.3, 0.4) is 0 Å². The van der Waals surface area contributed by atoms with Gasteiger partial charge in [0.2, 0.25) is 5.91 Å². The fourth-order valence-electron chi connectivity index (χ4n) is 3.27. The summed E-state index contributed by atoms with van der Waals surface area (Å²) >= 11 is 1.61. The Morgan fingerprint density at radius 1 is 0.970 bits per heavy atom. The number of thioether (sulfide) groups is 1. The summed E-state index contributed by atoms with van der Waals surface area (Å²) in [5, 5.41) is 5.81. The van der Waals surface area contributed by atoms with E-state index in [0.29, 0.717) is 12.0 Å². The van der Waals surface area contributed by atoms with Crippen molar-refractivity contribution in [2.45, 2.75) is 56.5 Å². The van der Waals surface area contributed by atoms with Crippen molar-refractivity contribution < 1.29 is 18.0 Å². The lowest BCUT2D eigenvalue weighted by molar-refractivity contribution is -0.123. The van der Waals surface area contributed by atoms with E-state index < -0.39 is 15.9 Å². The number of sulfone groups is 1. The normalized spacial score (nSPS) is 13.8. The monoisotopic (exact) mass is 490 g/mol. The van der Waals surface area contributed by atoms with E-state index in [2.05, 4.69) is 31.4 Å². The van der Waals surface area contributed by atoms with E-state index in [9.17, 15) is 18.0 Å². The highest BCUT2D eigenvalue weighted by Gasteiger charge is 2.23. The first-order valence-corrected chi connectivity index (χ1v) is 14.1. The van der Waals surface area contributed by atoms with Crippen LogP contribution >= 0.6 is 11.8 Å². The van der Waals surface area contributed by atoms with Crippen LogP contribution < -0.4 is 10.6 Å². The van der Waals surface area contributed by atoms with Crippen molar-refractivity contribution in [1.29, 1.82) is 0 Å². The molecule has 0 unspecified atom stereocenters. The number of benzene rings is 2. The Morgan fingerprint density at radius 2 is 1.55 bits per heavy atom. The summed E-state index contributed by atoms with van der Waals surface area (Å²) in [6, 6.07) is 12.9. The van der Waals surface area contributed by atoms with E-state index >= 15 is 0 Å². The molecule has 0 aromatic heterocycles. The van der Waals surface area contributed by atoms with Crippen LogP contribution in [-0.4, -0.2) is 44.5 Å². The maximum absolute atomic E-state index is 13.0. The number of amides is 2. The van der Waals surface area contributed by atoms with Crippen LogP contribution in [0.15, 0.2) is 53.4 Å². The van der Waals surface area contributed by atoms with Crippen molar-refractivity contribution in [3.05, 3.63) is 65.2 Å². The largest absolute Gasteiger partial charge is 0.348 e. The van der Waals surface area contributed by atoms with Gasteiger partial charge in [-0.2, -0.15) is 11.8 Å². The molecule has 8 heteroatoms. The minimum Gasteiger partial charge on any atom is -0.348 e. The summed E-state index contributed by atoms with van der Waals surface area (Å²) in [5.74, 6) is 0.156. The zero-order chi connectivity index (χ0) is 24.8. The van der Waals surface area contributed by atoms with Crippen molar-refractivity contribution in [3.8, 4) is 0 Å². The molecule has 0 aliphatic heterocycles. The number of carbonyl (C=O) groups excluding carboxylic acids is 2. The second-order valence-electron chi connectivity index (χ2n) is 9.21. The Balaban J connectivity index is 2.10. The summed E-state index contributed by atoms with van der Waals surface area (Å²) in [6.07, 6.45) is 3.61. The smallest absolute Gasteiger partial charge is 0.251 e. The topological polar surface area (TPSA) is 92.3 Å². The van der Waals surface area contributed by atoms with Crippen molar-refractivity contribution in [2.75, 3.05) is 18.3 Å². The van der Waals surface area contributed by atoms with Gasteiger partial charge in [0.25, 0.3) is 5.91 Å². The Morgan fingerprint density at radius 3 is 2.03 bits per heavy atom. The summed E-state index contributed by atoms with van der Waals surface area (Å²) in [7, 11) is -3.28. The average molecular weight is 491 g/mol. The van der Waals surface area contributed by atoms with Gasteiger partial charge in [-0.3, -0.25) is 9.59 Å². The Labute approximate surface area is 201 Å².